The summed E-state index contributed by atoms with van der Waals surface area (Å²) in [4.78, 5) is 3.99. The Morgan fingerprint density at radius 2 is 2.00 bits per heavy atom. The van der Waals surface area contributed by atoms with Crippen molar-refractivity contribution in [3.8, 4) is 0 Å². The van der Waals surface area contributed by atoms with Gasteiger partial charge in [0.25, 0.3) is 0 Å². The second-order valence-corrected chi connectivity index (χ2v) is 3.18. The topological polar surface area (TPSA) is 17.3 Å². The Morgan fingerprint density at radius 1 is 1.29 bits per heavy atom. The molecule has 2 nitrogen and oxygen atoms in total. The molecule has 0 N–H and O–H groups in total. The van der Waals surface area contributed by atoms with Crippen molar-refractivity contribution in [3.63, 3.8) is 0 Å². The van der Waals surface area contributed by atoms with Crippen molar-refractivity contribution in [3.05, 3.63) is 35.9 Å². The molecule has 0 bridgehead atoms. The minimum atomic E-state index is 0. The molecule has 0 spiro atoms. The van der Waals surface area contributed by atoms with E-state index < -0.39 is 0 Å². The normalized spacial score (nSPS) is 10.1. The molecule has 0 aliphatic carbocycles. The smallest absolute Gasteiger partial charge is 0.433 e. The van der Waals surface area contributed by atoms with Gasteiger partial charge in [0.2, 0.25) is 0 Å². The number of imidazole rings is 1. The minimum Gasteiger partial charge on any atom is -0.433 e. The summed E-state index contributed by atoms with van der Waals surface area (Å²) in [5.41, 5.74) is 3.95. The Kier molecular flexibility index (Phi) is 4.98. The molecule has 0 aromatic carbocycles. The van der Waals surface area contributed by atoms with Crippen LogP contribution in [0.5, 0.6) is 0 Å². The summed E-state index contributed by atoms with van der Waals surface area (Å²) in [5, 5.41) is 0. The van der Waals surface area contributed by atoms with E-state index in [4.69, 9.17) is 0 Å². The molecule has 0 atom stereocenters. The molecular formula is C11H13N2Rb. The fourth-order valence-electron chi connectivity index (χ4n) is 1.64. The molecule has 2 aromatic heterocycles. The van der Waals surface area contributed by atoms with Gasteiger partial charge in [-0.25, -0.2) is 0 Å². The van der Waals surface area contributed by atoms with Crippen LogP contribution in [-0.4, -0.2) is 9.38 Å². The monoisotopic (exact) mass is 258 g/mol. The van der Waals surface area contributed by atoms with E-state index in [-0.39, 0.29) is 58.2 Å². The van der Waals surface area contributed by atoms with Crippen molar-refractivity contribution in [1.29, 1.82) is 0 Å². The summed E-state index contributed by atoms with van der Waals surface area (Å²) in [7, 11) is 0. The number of hydrogen-bond acceptors (Lipinski definition) is 1. The van der Waals surface area contributed by atoms with E-state index >= 15 is 0 Å². The molecule has 2 rings (SSSR count). The molecule has 0 fully saturated rings. The molecule has 0 unspecified atom stereocenters. The number of pyridine rings is 1. The first-order valence-electron chi connectivity index (χ1n) is 4.71. The zero-order valence-electron chi connectivity index (χ0n) is 9.04. The number of hydrogen-bond donors (Lipinski definition) is 0. The Hall–Kier alpha value is 0.495. The molecule has 2 heterocycles. The van der Waals surface area contributed by atoms with Gasteiger partial charge in [-0.3, -0.25) is 0 Å². The largest absolute Gasteiger partial charge is 1.00 e. The maximum Gasteiger partial charge on any atom is 1.00 e. The first kappa shape index (κ1) is 12.6. The fraction of sp³-hybridized carbons (Fsp3) is 0.364. The zero-order valence-corrected chi connectivity index (χ0v) is 14.0. The van der Waals surface area contributed by atoms with E-state index in [9.17, 15) is 0 Å². The summed E-state index contributed by atoms with van der Waals surface area (Å²) in [6.45, 7) is 4.36. The van der Waals surface area contributed by atoms with Crippen molar-refractivity contribution in [2.75, 3.05) is 0 Å². The molecule has 68 valence electrons. The Bertz CT molecular complexity index is 382. The maximum absolute atomic E-state index is 3.99. The zero-order chi connectivity index (χ0) is 9.26. The van der Waals surface area contributed by atoms with Crippen LogP contribution >= 0.6 is 0 Å². The molecule has 0 aliphatic heterocycles. The third-order valence-corrected chi connectivity index (χ3v) is 2.42. The average Bonchev–Trinajstić information content (AvgIpc) is 2.62. The molecule has 0 saturated carbocycles. The van der Waals surface area contributed by atoms with E-state index in [0.29, 0.717) is 0 Å². The molecule has 0 saturated heterocycles. The van der Waals surface area contributed by atoms with E-state index in [1.165, 1.54) is 11.1 Å². The Balaban J connectivity index is 0.000000980. The number of nitrogens with zero attached hydrogens (tertiary/aromatic N) is 2. The van der Waals surface area contributed by atoms with Gasteiger partial charge in [-0.2, -0.15) is 0 Å². The number of aryl methyl sites for hydroxylation is 2. The first-order chi connectivity index (χ1) is 6.35. The van der Waals surface area contributed by atoms with Gasteiger partial charge in [0.1, 0.15) is 0 Å². The van der Waals surface area contributed by atoms with E-state index in [2.05, 4.69) is 37.4 Å². The van der Waals surface area contributed by atoms with Crippen LogP contribution in [0.25, 0.3) is 5.52 Å². The molecule has 14 heavy (non-hydrogen) atoms. The van der Waals surface area contributed by atoms with E-state index in [1.807, 2.05) is 10.6 Å². The van der Waals surface area contributed by atoms with Crippen molar-refractivity contribution in [2.24, 2.45) is 0 Å². The summed E-state index contributed by atoms with van der Waals surface area (Å²) >= 11 is 0. The van der Waals surface area contributed by atoms with Crippen LogP contribution in [0.4, 0.5) is 0 Å². The van der Waals surface area contributed by atoms with Crippen molar-refractivity contribution in [1.82, 2.24) is 9.38 Å². The van der Waals surface area contributed by atoms with Crippen molar-refractivity contribution < 1.29 is 58.2 Å². The second-order valence-electron chi connectivity index (χ2n) is 3.18. The number of aromatic nitrogens is 2. The molecule has 3 heteroatoms. The molecule has 0 radical (unpaired) electrons. The van der Waals surface area contributed by atoms with Crippen molar-refractivity contribution in [2.45, 2.75) is 26.7 Å². The third-order valence-electron chi connectivity index (χ3n) is 2.42. The van der Waals surface area contributed by atoms with Gasteiger partial charge in [0.05, 0.1) is 0 Å². The molecule has 0 aliphatic rings. The Labute approximate surface area is 134 Å². The third kappa shape index (κ3) is 2.35. The first-order valence-corrected chi connectivity index (χ1v) is 4.71. The van der Waals surface area contributed by atoms with Crippen LogP contribution in [0.3, 0.4) is 0 Å². The Morgan fingerprint density at radius 3 is 2.64 bits per heavy atom. The van der Waals surface area contributed by atoms with Gasteiger partial charge >= 0.3 is 58.2 Å². The van der Waals surface area contributed by atoms with Gasteiger partial charge in [0, 0.05) is 6.33 Å². The van der Waals surface area contributed by atoms with Crippen LogP contribution < -0.4 is 58.2 Å². The summed E-state index contributed by atoms with van der Waals surface area (Å²) in [6.07, 6.45) is 9.05. The summed E-state index contributed by atoms with van der Waals surface area (Å²) in [6, 6.07) is 2.20. The average molecular weight is 259 g/mol. The summed E-state index contributed by atoms with van der Waals surface area (Å²) in [5.74, 6) is 0. The van der Waals surface area contributed by atoms with Gasteiger partial charge in [-0.05, 0) is 12.8 Å². The van der Waals surface area contributed by atoms with Crippen LogP contribution in [0.2, 0.25) is 0 Å². The van der Waals surface area contributed by atoms with Crippen LogP contribution in [0.15, 0.2) is 18.5 Å². The standard InChI is InChI=1S/C11H13N2.Rb/c1-3-9-5-11-6-12-8-13(11)7-10(9)4-2;/h5-7H,3-4H2,1-2H3;/q-1;+1. The number of rotatable bonds is 2. The van der Waals surface area contributed by atoms with Crippen LogP contribution in [0, 0.1) is 6.33 Å². The number of fused-ring (bicyclic) bond motifs is 1. The predicted octanol–water partition coefficient (Wildman–Crippen LogP) is -0.737. The van der Waals surface area contributed by atoms with Gasteiger partial charge < -0.3 is 9.38 Å². The fourth-order valence-corrected chi connectivity index (χ4v) is 1.64. The summed E-state index contributed by atoms with van der Waals surface area (Å²) < 4.78 is 1.96. The van der Waals surface area contributed by atoms with Gasteiger partial charge in [-0.15, -0.1) is 0 Å². The quantitative estimate of drug-likeness (QED) is 0.649. The van der Waals surface area contributed by atoms with Crippen LogP contribution in [0.1, 0.15) is 25.0 Å². The van der Waals surface area contributed by atoms with E-state index in [0.717, 1.165) is 18.4 Å². The van der Waals surface area contributed by atoms with Crippen LogP contribution in [-0.2, 0) is 12.8 Å². The molecular weight excluding hydrogens is 246 g/mol. The minimum absolute atomic E-state index is 0. The molecule has 2 aromatic rings. The van der Waals surface area contributed by atoms with Gasteiger partial charge in [-0.1, -0.05) is 49.0 Å². The van der Waals surface area contributed by atoms with Crippen molar-refractivity contribution >= 4 is 5.52 Å². The van der Waals surface area contributed by atoms with Gasteiger partial charge in [0.15, 0.2) is 0 Å². The SMILES string of the molecule is CCc1cc2cn[c-]n2cc1CC.[Rb+]. The molecule has 0 amide bonds. The predicted molar refractivity (Wildman–Crippen MR) is 52.8 cm³/mol. The van der Waals surface area contributed by atoms with E-state index in [1.54, 1.807) is 0 Å². The second kappa shape index (κ2) is 5.54. The maximum atomic E-state index is 3.99.